The minimum atomic E-state index is -0.536. The van der Waals surface area contributed by atoms with Crippen LogP contribution in [0.4, 0.5) is 0 Å². The molecular weight excluding hydrogens is 330 g/mol. The molecule has 138 valence electrons. The van der Waals surface area contributed by atoms with Crippen LogP contribution in [0.25, 0.3) is 10.8 Å². The quantitative estimate of drug-likeness (QED) is 0.766. The number of nitrogens with zero attached hydrogens (tertiary/aromatic N) is 1. The Bertz CT molecular complexity index is 802. The van der Waals surface area contributed by atoms with E-state index in [1.807, 2.05) is 35.2 Å². The first kappa shape index (κ1) is 18.2. The van der Waals surface area contributed by atoms with Crippen LogP contribution < -0.4 is 4.74 Å². The van der Waals surface area contributed by atoms with Crippen molar-refractivity contribution in [2.45, 2.75) is 38.6 Å². The van der Waals surface area contributed by atoms with Gasteiger partial charge in [0.1, 0.15) is 11.3 Å². The highest BCUT2D eigenvalue weighted by atomic mass is 16.5. The lowest BCUT2D eigenvalue weighted by Crippen LogP contribution is -2.45. The summed E-state index contributed by atoms with van der Waals surface area (Å²) < 4.78 is 10.7. The lowest BCUT2D eigenvalue weighted by atomic mass is 10.00. The van der Waals surface area contributed by atoms with Gasteiger partial charge in [0.2, 0.25) is 0 Å². The van der Waals surface area contributed by atoms with Gasteiger partial charge < -0.3 is 14.4 Å². The summed E-state index contributed by atoms with van der Waals surface area (Å²) in [5.74, 6) is -0.207. The van der Waals surface area contributed by atoms with Crippen molar-refractivity contribution >= 4 is 22.6 Å². The second-order valence-electron chi connectivity index (χ2n) is 6.62. The van der Waals surface area contributed by atoms with Crippen molar-refractivity contribution in [1.29, 1.82) is 0 Å². The summed E-state index contributed by atoms with van der Waals surface area (Å²) in [5, 5.41) is 1.91. The maximum absolute atomic E-state index is 12.5. The van der Waals surface area contributed by atoms with Crippen LogP contribution in [-0.4, -0.2) is 43.1 Å². The number of fused-ring (bicyclic) bond motifs is 1. The van der Waals surface area contributed by atoms with Crippen molar-refractivity contribution in [2.75, 3.05) is 20.3 Å². The van der Waals surface area contributed by atoms with E-state index in [1.54, 1.807) is 6.07 Å². The number of hydrogen-bond acceptors (Lipinski definition) is 4. The van der Waals surface area contributed by atoms with Gasteiger partial charge in [-0.1, -0.05) is 31.2 Å². The molecule has 5 heteroatoms. The molecule has 5 nitrogen and oxygen atoms in total. The molecule has 0 spiro atoms. The number of rotatable bonds is 5. The number of benzene rings is 2. The second-order valence-corrected chi connectivity index (χ2v) is 6.62. The van der Waals surface area contributed by atoms with Gasteiger partial charge in [-0.15, -0.1) is 0 Å². The van der Waals surface area contributed by atoms with Crippen LogP contribution >= 0.6 is 0 Å². The molecule has 0 saturated carbocycles. The molecule has 1 aliphatic rings. The standard InChI is InChI=1S/C21H25NO4/c1-3-17-10-6-7-11-22(17)20(23)14-26-21(24)18-12-15-8-4-5-9-16(15)13-19(18)25-2/h4-5,8-9,12-13,17H,3,6-7,10-11,14H2,1-2H3/t17-/m1/s1. The van der Waals surface area contributed by atoms with Crippen molar-refractivity contribution in [3.05, 3.63) is 42.0 Å². The van der Waals surface area contributed by atoms with Crippen molar-refractivity contribution in [3.8, 4) is 5.75 Å². The van der Waals surface area contributed by atoms with Gasteiger partial charge in [0.15, 0.2) is 6.61 Å². The molecular formula is C21H25NO4. The lowest BCUT2D eigenvalue weighted by molar-refractivity contribution is -0.138. The molecule has 0 aromatic heterocycles. The monoisotopic (exact) mass is 355 g/mol. The molecule has 1 saturated heterocycles. The van der Waals surface area contributed by atoms with E-state index < -0.39 is 5.97 Å². The molecule has 0 N–H and O–H groups in total. The van der Waals surface area contributed by atoms with E-state index >= 15 is 0 Å². The number of ether oxygens (including phenoxy) is 2. The number of hydrogen-bond donors (Lipinski definition) is 0. The zero-order valence-corrected chi connectivity index (χ0v) is 15.4. The smallest absolute Gasteiger partial charge is 0.342 e. The topological polar surface area (TPSA) is 55.8 Å². The molecule has 26 heavy (non-hydrogen) atoms. The summed E-state index contributed by atoms with van der Waals surface area (Å²) in [7, 11) is 1.52. The first-order valence-corrected chi connectivity index (χ1v) is 9.17. The molecule has 0 unspecified atom stereocenters. The summed E-state index contributed by atoms with van der Waals surface area (Å²) in [6, 6.07) is 11.5. The van der Waals surface area contributed by atoms with Gasteiger partial charge in [-0.05, 0) is 48.6 Å². The van der Waals surface area contributed by atoms with E-state index in [2.05, 4.69) is 6.92 Å². The normalized spacial score (nSPS) is 17.2. The van der Waals surface area contributed by atoms with Crippen molar-refractivity contribution < 1.29 is 19.1 Å². The van der Waals surface area contributed by atoms with Crippen LogP contribution in [-0.2, 0) is 9.53 Å². The van der Waals surface area contributed by atoms with Crippen LogP contribution in [0.3, 0.4) is 0 Å². The largest absolute Gasteiger partial charge is 0.496 e. The van der Waals surface area contributed by atoms with Crippen molar-refractivity contribution in [3.63, 3.8) is 0 Å². The molecule has 3 rings (SSSR count). The Kier molecular flexibility index (Phi) is 5.76. The molecule has 1 aliphatic heterocycles. The number of amides is 1. The highest BCUT2D eigenvalue weighted by Crippen LogP contribution is 2.27. The molecule has 2 aromatic carbocycles. The summed E-state index contributed by atoms with van der Waals surface area (Å²) >= 11 is 0. The maximum Gasteiger partial charge on any atom is 0.342 e. The summed E-state index contributed by atoms with van der Waals surface area (Å²) in [6.45, 7) is 2.60. The fourth-order valence-electron chi connectivity index (χ4n) is 3.59. The van der Waals surface area contributed by atoms with Crippen LogP contribution in [0, 0.1) is 0 Å². The maximum atomic E-state index is 12.5. The van der Waals surface area contributed by atoms with E-state index in [9.17, 15) is 9.59 Å². The molecule has 1 fully saturated rings. The molecule has 1 heterocycles. The van der Waals surface area contributed by atoms with E-state index in [0.29, 0.717) is 11.3 Å². The number of carbonyl (C=O) groups is 2. The van der Waals surface area contributed by atoms with E-state index in [0.717, 1.165) is 43.0 Å². The number of likely N-dealkylation sites (tertiary alicyclic amines) is 1. The number of methoxy groups -OCH3 is 1. The van der Waals surface area contributed by atoms with Crippen molar-refractivity contribution in [2.24, 2.45) is 0 Å². The third kappa shape index (κ3) is 3.82. The predicted molar refractivity (Wildman–Crippen MR) is 100 cm³/mol. The molecule has 1 atom stereocenters. The molecule has 2 aromatic rings. The third-order valence-electron chi connectivity index (χ3n) is 5.03. The zero-order chi connectivity index (χ0) is 18.5. The van der Waals surface area contributed by atoms with Gasteiger partial charge in [0, 0.05) is 12.6 Å². The Hall–Kier alpha value is -2.56. The van der Waals surface area contributed by atoms with Crippen LogP contribution in [0.5, 0.6) is 5.75 Å². The fourth-order valence-corrected chi connectivity index (χ4v) is 3.59. The highest BCUT2D eigenvalue weighted by Gasteiger charge is 2.26. The summed E-state index contributed by atoms with van der Waals surface area (Å²) in [6.07, 6.45) is 4.11. The Labute approximate surface area is 153 Å². The number of piperidine rings is 1. The Morgan fingerprint density at radius 1 is 1.15 bits per heavy atom. The SMILES string of the molecule is CC[C@@H]1CCCCN1C(=O)COC(=O)c1cc2ccccc2cc1OC. The van der Waals surface area contributed by atoms with Gasteiger partial charge in [0.05, 0.1) is 7.11 Å². The van der Waals surface area contributed by atoms with Gasteiger partial charge in [-0.25, -0.2) is 4.79 Å². The highest BCUT2D eigenvalue weighted by molar-refractivity contribution is 5.99. The van der Waals surface area contributed by atoms with Crippen molar-refractivity contribution in [1.82, 2.24) is 4.90 Å². The van der Waals surface area contributed by atoms with E-state index in [1.165, 1.54) is 7.11 Å². The average Bonchev–Trinajstić information content (AvgIpc) is 2.70. The first-order chi connectivity index (χ1) is 12.6. The Balaban J connectivity index is 1.71. The van der Waals surface area contributed by atoms with Gasteiger partial charge in [-0.2, -0.15) is 0 Å². The van der Waals surface area contributed by atoms with Crippen LogP contribution in [0.1, 0.15) is 43.0 Å². The number of carbonyl (C=O) groups excluding carboxylic acids is 2. The average molecular weight is 355 g/mol. The van der Waals surface area contributed by atoms with Crippen LogP contribution in [0.2, 0.25) is 0 Å². The molecule has 1 amide bonds. The molecule has 0 bridgehead atoms. The van der Waals surface area contributed by atoms with Gasteiger partial charge in [0.25, 0.3) is 5.91 Å². The number of esters is 1. The summed E-state index contributed by atoms with van der Waals surface area (Å²) in [5.41, 5.74) is 0.338. The Morgan fingerprint density at radius 2 is 1.88 bits per heavy atom. The Morgan fingerprint density at radius 3 is 2.58 bits per heavy atom. The van der Waals surface area contributed by atoms with Gasteiger partial charge >= 0.3 is 5.97 Å². The van der Waals surface area contributed by atoms with Gasteiger partial charge in [-0.3, -0.25) is 4.79 Å². The summed E-state index contributed by atoms with van der Waals surface area (Å²) in [4.78, 5) is 26.9. The third-order valence-corrected chi connectivity index (χ3v) is 5.03. The minimum Gasteiger partial charge on any atom is -0.496 e. The van der Waals surface area contributed by atoms with E-state index in [-0.39, 0.29) is 18.6 Å². The predicted octanol–water partition coefficient (Wildman–Crippen LogP) is 3.80. The molecule has 0 radical (unpaired) electrons. The molecule has 0 aliphatic carbocycles. The minimum absolute atomic E-state index is 0.121. The van der Waals surface area contributed by atoms with Crippen LogP contribution in [0.15, 0.2) is 36.4 Å². The fraction of sp³-hybridized carbons (Fsp3) is 0.429. The lowest BCUT2D eigenvalue weighted by Gasteiger charge is -2.35. The second kappa shape index (κ2) is 8.21. The first-order valence-electron chi connectivity index (χ1n) is 9.17. The van der Waals surface area contributed by atoms with E-state index in [4.69, 9.17) is 9.47 Å². The zero-order valence-electron chi connectivity index (χ0n) is 15.4.